The van der Waals surface area contributed by atoms with E-state index in [0.29, 0.717) is 18.9 Å². The fraction of sp³-hybridized carbons (Fsp3) is 0.438. The van der Waals surface area contributed by atoms with Crippen molar-refractivity contribution in [2.24, 2.45) is 5.92 Å². The lowest BCUT2D eigenvalue weighted by atomic mass is 9.95. The van der Waals surface area contributed by atoms with Crippen LogP contribution in [0.3, 0.4) is 0 Å². The Bertz CT molecular complexity index is 612. The van der Waals surface area contributed by atoms with Crippen LogP contribution in [0.5, 0.6) is 11.5 Å². The zero-order valence-electron chi connectivity index (χ0n) is 11.6. The Labute approximate surface area is 118 Å². The average Bonchev–Trinajstić information content (AvgIpc) is 2.47. The van der Waals surface area contributed by atoms with Crippen LogP contribution in [0.1, 0.15) is 18.9 Å². The molecule has 1 aromatic heterocycles. The smallest absolute Gasteiger partial charge is 0.141 e. The van der Waals surface area contributed by atoms with E-state index in [1.54, 1.807) is 0 Å². The van der Waals surface area contributed by atoms with Crippen LogP contribution in [0.25, 0.3) is 10.9 Å². The fourth-order valence-corrected chi connectivity index (χ4v) is 2.53. The first kappa shape index (κ1) is 13.2. The fourth-order valence-electron chi connectivity index (χ4n) is 2.53. The number of aliphatic hydroxyl groups is 1. The van der Waals surface area contributed by atoms with E-state index in [9.17, 15) is 0 Å². The zero-order chi connectivity index (χ0) is 13.9. The highest BCUT2D eigenvalue weighted by molar-refractivity contribution is 5.85. The van der Waals surface area contributed by atoms with Gasteiger partial charge >= 0.3 is 0 Å². The third kappa shape index (κ3) is 2.56. The highest BCUT2D eigenvalue weighted by Gasteiger charge is 2.19. The standard InChI is InChI=1S/C16H19NO3/c1-11-7-14-13-8-12(19-6-2-5-18)3-4-15(13)17-9-16(14)20-10-11/h3-4,8-9,11,18H,2,5-7,10H2,1H3. The summed E-state index contributed by atoms with van der Waals surface area (Å²) in [5.41, 5.74) is 2.19. The van der Waals surface area contributed by atoms with Crippen molar-refractivity contribution in [1.29, 1.82) is 0 Å². The molecule has 1 atom stereocenters. The van der Waals surface area contributed by atoms with Gasteiger partial charge in [-0.05, 0) is 30.5 Å². The summed E-state index contributed by atoms with van der Waals surface area (Å²) in [4.78, 5) is 4.44. The highest BCUT2D eigenvalue weighted by atomic mass is 16.5. The van der Waals surface area contributed by atoms with E-state index in [1.165, 1.54) is 5.56 Å². The van der Waals surface area contributed by atoms with Crippen molar-refractivity contribution < 1.29 is 14.6 Å². The molecule has 0 radical (unpaired) electrons. The van der Waals surface area contributed by atoms with Gasteiger partial charge in [-0.15, -0.1) is 0 Å². The predicted octanol–water partition coefficient (Wildman–Crippen LogP) is 2.57. The van der Waals surface area contributed by atoms with Crippen LogP contribution >= 0.6 is 0 Å². The number of hydrogen-bond donors (Lipinski definition) is 1. The van der Waals surface area contributed by atoms with E-state index in [-0.39, 0.29) is 6.61 Å². The molecule has 3 rings (SSSR count). The Morgan fingerprint density at radius 2 is 2.35 bits per heavy atom. The molecular formula is C16H19NO3. The number of aliphatic hydroxyl groups excluding tert-OH is 1. The molecule has 0 bridgehead atoms. The number of pyridine rings is 1. The molecule has 2 aromatic rings. The van der Waals surface area contributed by atoms with Gasteiger partial charge < -0.3 is 14.6 Å². The van der Waals surface area contributed by atoms with Gasteiger partial charge in [-0.3, -0.25) is 4.98 Å². The maximum absolute atomic E-state index is 8.80. The van der Waals surface area contributed by atoms with Crippen LogP contribution in [0.2, 0.25) is 0 Å². The summed E-state index contributed by atoms with van der Waals surface area (Å²) >= 11 is 0. The van der Waals surface area contributed by atoms with E-state index in [2.05, 4.69) is 11.9 Å². The normalized spacial score (nSPS) is 17.6. The molecule has 20 heavy (non-hydrogen) atoms. The van der Waals surface area contributed by atoms with E-state index in [1.807, 2.05) is 24.4 Å². The summed E-state index contributed by atoms with van der Waals surface area (Å²) in [6.45, 7) is 3.62. The second-order valence-electron chi connectivity index (χ2n) is 5.33. The van der Waals surface area contributed by atoms with E-state index < -0.39 is 0 Å². The minimum absolute atomic E-state index is 0.149. The summed E-state index contributed by atoms with van der Waals surface area (Å²) in [7, 11) is 0. The maximum Gasteiger partial charge on any atom is 0.141 e. The molecule has 1 N–H and O–H groups in total. The first-order valence-electron chi connectivity index (χ1n) is 7.06. The van der Waals surface area contributed by atoms with Gasteiger partial charge in [0.2, 0.25) is 0 Å². The Kier molecular flexibility index (Phi) is 3.74. The van der Waals surface area contributed by atoms with Crippen molar-refractivity contribution in [3.05, 3.63) is 30.0 Å². The lowest BCUT2D eigenvalue weighted by molar-refractivity contribution is 0.233. The van der Waals surface area contributed by atoms with Crippen molar-refractivity contribution in [2.45, 2.75) is 19.8 Å². The quantitative estimate of drug-likeness (QED) is 0.870. The van der Waals surface area contributed by atoms with Crippen molar-refractivity contribution in [2.75, 3.05) is 19.8 Å². The SMILES string of the molecule is CC1COc2cnc3ccc(OCCCO)cc3c2C1. The topological polar surface area (TPSA) is 51.6 Å². The van der Waals surface area contributed by atoms with Gasteiger partial charge in [-0.2, -0.15) is 0 Å². The van der Waals surface area contributed by atoms with Crippen LogP contribution in [0, 0.1) is 5.92 Å². The molecule has 2 heterocycles. The first-order valence-corrected chi connectivity index (χ1v) is 7.06. The van der Waals surface area contributed by atoms with Crippen molar-refractivity contribution in [1.82, 2.24) is 4.98 Å². The van der Waals surface area contributed by atoms with E-state index >= 15 is 0 Å². The van der Waals surface area contributed by atoms with Gasteiger partial charge in [-0.25, -0.2) is 0 Å². The number of ether oxygens (including phenoxy) is 2. The summed E-state index contributed by atoms with van der Waals surface area (Å²) in [5.74, 6) is 2.23. The second-order valence-corrected chi connectivity index (χ2v) is 5.33. The van der Waals surface area contributed by atoms with Gasteiger partial charge in [0.05, 0.1) is 24.9 Å². The molecule has 0 aliphatic carbocycles. The van der Waals surface area contributed by atoms with Gasteiger partial charge in [0.1, 0.15) is 11.5 Å². The molecule has 0 saturated heterocycles. The van der Waals surface area contributed by atoms with Gasteiger partial charge in [0, 0.05) is 24.0 Å². The molecule has 4 nitrogen and oxygen atoms in total. The Hall–Kier alpha value is -1.81. The number of fused-ring (bicyclic) bond motifs is 3. The Morgan fingerprint density at radius 1 is 1.45 bits per heavy atom. The average molecular weight is 273 g/mol. The molecule has 1 aromatic carbocycles. The lowest BCUT2D eigenvalue weighted by Gasteiger charge is -2.23. The number of aromatic nitrogens is 1. The minimum Gasteiger partial charge on any atom is -0.493 e. The Morgan fingerprint density at radius 3 is 3.20 bits per heavy atom. The third-order valence-corrected chi connectivity index (χ3v) is 3.56. The summed E-state index contributed by atoms with van der Waals surface area (Å²) in [6, 6.07) is 5.93. The molecule has 4 heteroatoms. The van der Waals surface area contributed by atoms with Crippen LogP contribution in [-0.4, -0.2) is 29.9 Å². The summed E-state index contributed by atoms with van der Waals surface area (Å²) < 4.78 is 11.4. The molecule has 1 aliphatic rings. The highest BCUT2D eigenvalue weighted by Crippen LogP contribution is 2.34. The molecule has 0 saturated carbocycles. The monoisotopic (exact) mass is 273 g/mol. The molecule has 1 unspecified atom stereocenters. The van der Waals surface area contributed by atoms with Gasteiger partial charge in [0.25, 0.3) is 0 Å². The van der Waals surface area contributed by atoms with Crippen LogP contribution in [0.4, 0.5) is 0 Å². The van der Waals surface area contributed by atoms with Crippen molar-refractivity contribution in [3.63, 3.8) is 0 Å². The third-order valence-electron chi connectivity index (χ3n) is 3.56. The van der Waals surface area contributed by atoms with Crippen LogP contribution in [0.15, 0.2) is 24.4 Å². The number of nitrogens with zero attached hydrogens (tertiary/aromatic N) is 1. The minimum atomic E-state index is 0.149. The van der Waals surface area contributed by atoms with E-state index in [0.717, 1.165) is 35.4 Å². The predicted molar refractivity (Wildman–Crippen MR) is 77.3 cm³/mol. The van der Waals surface area contributed by atoms with Crippen LogP contribution < -0.4 is 9.47 Å². The number of benzene rings is 1. The molecule has 1 aliphatic heterocycles. The molecule has 0 spiro atoms. The van der Waals surface area contributed by atoms with Gasteiger partial charge in [-0.1, -0.05) is 6.92 Å². The maximum atomic E-state index is 8.80. The van der Waals surface area contributed by atoms with Crippen molar-refractivity contribution in [3.8, 4) is 11.5 Å². The summed E-state index contributed by atoms with van der Waals surface area (Å²) in [6.07, 6.45) is 3.47. The van der Waals surface area contributed by atoms with Gasteiger partial charge in [0.15, 0.2) is 0 Å². The summed E-state index contributed by atoms with van der Waals surface area (Å²) in [5, 5.41) is 9.90. The Balaban J connectivity index is 1.96. The molecule has 0 amide bonds. The molecule has 0 fully saturated rings. The lowest BCUT2D eigenvalue weighted by Crippen LogP contribution is -2.18. The number of hydrogen-bond acceptors (Lipinski definition) is 4. The molecule has 106 valence electrons. The first-order chi connectivity index (χ1) is 9.78. The van der Waals surface area contributed by atoms with Crippen LogP contribution in [-0.2, 0) is 6.42 Å². The van der Waals surface area contributed by atoms with E-state index in [4.69, 9.17) is 14.6 Å². The number of rotatable bonds is 4. The molecular weight excluding hydrogens is 254 g/mol. The second kappa shape index (κ2) is 5.67. The zero-order valence-corrected chi connectivity index (χ0v) is 11.6. The van der Waals surface area contributed by atoms with Crippen molar-refractivity contribution >= 4 is 10.9 Å². The largest absolute Gasteiger partial charge is 0.493 e.